The fourth-order valence-electron chi connectivity index (χ4n) is 4.50. The molecule has 0 aliphatic carbocycles. The molecule has 140 valence electrons. The lowest BCUT2D eigenvalue weighted by molar-refractivity contribution is 0.0750. The maximum Gasteiger partial charge on any atom is 0.127 e. The summed E-state index contributed by atoms with van der Waals surface area (Å²) in [7, 11) is 0. The van der Waals surface area contributed by atoms with Crippen LogP contribution < -0.4 is 4.74 Å². The second-order valence-corrected chi connectivity index (χ2v) is 7.90. The van der Waals surface area contributed by atoms with Gasteiger partial charge in [0.1, 0.15) is 12.4 Å². The van der Waals surface area contributed by atoms with Crippen molar-refractivity contribution in [3.8, 4) is 5.75 Å². The Labute approximate surface area is 157 Å². The van der Waals surface area contributed by atoms with Gasteiger partial charge in [-0.05, 0) is 63.3 Å². The molecule has 26 heavy (non-hydrogen) atoms. The molecule has 3 nitrogen and oxygen atoms in total. The Morgan fingerprint density at radius 2 is 1.46 bits per heavy atom. The molecule has 0 radical (unpaired) electrons. The number of nitrogens with zero attached hydrogens (tertiary/aromatic N) is 2. The first kappa shape index (κ1) is 17.8. The van der Waals surface area contributed by atoms with Crippen molar-refractivity contribution >= 4 is 10.8 Å². The van der Waals surface area contributed by atoms with Crippen molar-refractivity contribution in [2.24, 2.45) is 0 Å². The molecule has 3 heteroatoms. The molecule has 2 saturated heterocycles. The third-order valence-electron chi connectivity index (χ3n) is 6.01. The van der Waals surface area contributed by atoms with Gasteiger partial charge in [-0.2, -0.15) is 0 Å². The van der Waals surface area contributed by atoms with Gasteiger partial charge in [0, 0.05) is 11.9 Å². The van der Waals surface area contributed by atoms with Crippen LogP contribution in [0.4, 0.5) is 0 Å². The minimum absolute atomic E-state index is 0.507. The highest BCUT2D eigenvalue weighted by molar-refractivity contribution is 5.88. The van der Waals surface area contributed by atoms with Crippen LogP contribution >= 0.6 is 0 Å². The van der Waals surface area contributed by atoms with E-state index in [4.69, 9.17) is 4.74 Å². The molecule has 2 aliphatic heterocycles. The first-order valence-corrected chi connectivity index (χ1v) is 10.5. The maximum atomic E-state index is 6.41. The van der Waals surface area contributed by atoms with Crippen LogP contribution in [0.1, 0.15) is 38.5 Å². The molecule has 0 bridgehead atoms. The molecule has 0 N–H and O–H groups in total. The van der Waals surface area contributed by atoms with Gasteiger partial charge in [-0.15, -0.1) is 0 Å². The molecule has 1 atom stereocenters. The Kier molecular flexibility index (Phi) is 6.08. The molecule has 0 amide bonds. The molecule has 0 aromatic heterocycles. The summed E-state index contributed by atoms with van der Waals surface area (Å²) in [5.41, 5.74) is 0. The van der Waals surface area contributed by atoms with Crippen LogP contribution in [0.3, 0.4) is 0 Å². The first-order valence-electron chi connectivity index (χ1n) is 10.5. The van der Waals surface area contributed by atoms with E-state index in [0.717, 1.165) is 18.9 Å². The third-order valence-corrected chi connectivity index (χ3v) is 6.01. The van der Waals surface area contributed by atoms with Crippen molar-refractivity contribution in [2.45, 2.75) is 44.6 Å². The summed E-state index contributed by atoms with van der Waals surface area (Å²) < 4.78 is 6.41. The summed E-state index contributed by atoms with van der Waals surface area (Å²) in [6.45, 7) is 6.95. The summed E-state index contributed by atoms with van der Waals surface area (Å²) in [5.74, 6) is 1.03. The fourth-order valence-corrected chi connectivity index (χ4v) is 4.50. The smallest absolute Gasteiger partial charge is 0.127 e. The Morgan fingerprint density at radius 1 is 0.769 bits per heavy atom. The van der Waals surface area contributed by atoms with Crippen LogP contribution in [-0.4, -0.2) is 55.2 Å². The summed E-state index contributed by atoms with van der Waals surface area (Å²) in [6, 6.07) is 15.4. The van der Waals surface area contributed by atoms with Gasteiger partial charge in [0.05, 0.1) is 6.04 Å². The van der Waals surface area contributed by atoms with E-state index in [0.29, 0.717) is 6.04 Å². The quantitative estimate of drug-likeness (QED) is 0.758. The largest absolute Gasteiger partial charge is 0.491 e. The minimum Gasteiger partial charge on any atom is -0.491 e. The zero-order valence-electron chi connectivity index (χ0n) is 15.9. The third kappa shape index (κ3) is 4.39. The molecular formula is C23H32N2O. The van der Waals surface area contributed by atoms with Gasteiger partial charge < -0.3 is 9.64 Å². The van der Waals surface area contributed by atoms with E-state index < -0.39 is 0 Å². The fraction of sp³-hybridized carbons (Fsp3) is 0.565. The number of likely N-dealkylation sites (tertiary alicyclic amines) is 2. The van der Waals surface area contributed by atoms with E-state index in [2.05, 4.69) is 52.3 Å². The van der Waals surface area contributed by atoms with Gasteiger partial charge in [-0.3, -0.25) is 4.90 Å². The number of piperidine rings is 2. The molecule has 0 saturated carbocycles. The van der Waals surface area contributed by atoms with Crippen molar-refractivity contribution in [2.75, 3.05) is 39.3 Å². The highest BCUT2D eigenvalue weighted by Gasteiger charge is 2.24. The molecule has 2 aliphatic rings. The highest BCUT2D eigenvalue weighted by Crippen LogP contribution is 2.26. The summed E-state index contributed by atoms with van der Waals surface area (Å²) in [4.78, 5) is 5.35. The Balaban J connectivity index is 1.46. The molecule has 2 aromatic rings. The lowest BCUT2D eigenvalue weighted by atomic mass is 10.1. The van der Waals surface area contributed by atoms with Crippen molar-refractivity contribution in [3.63, 3.8) is 0 Å². The SMILES string of the molecule is c1ccc2c(OCC(CN3CCCCC3)N3CCCCC3)cccc2c1. The number of hydrogen-bond acceptors (Lipinski definition) is 3. The number of ether oxygens (including phenoxy) is 1. The summed E-state index contributed by atoms with van der Waals surface area (Å²) >= 11 is 0. The molecule has 0 spiro atoms. The Bertz CT molecular complexity index is 684. The number of rotatable bonds is 6. The molecule has 2 fully saturated rings. The predicted molar refractivity (Wildman–Crippen MR) is 109 cm³/mol. The van der Waals surface area contributed by atoms with Crippen LogP contribution in [0, 0.1) is 0 Å². The topological polar surface area (TPSA) is 15.7 Å². The molecule has 4 rings (SSSR count). The van der Waals surface area contributed by atoms with Gasteiger partial charge >= 0.3 is 0 Å². The van der Waals surface area contributed by atoms with Crippen LogP contribution in [0.15, 0.2) is 42.5 Å². The van der Waals surface area contributed by atoms with E-state index in [1.807, 2.05) is 0 Å². The van der Waals surface area contributed by atoms with Gasteiger partial charge in [0.25, 0.3) is 0 Å². The van der Waals surface area contributed by atoms with Crippen LogP contribution in [-0.2, 0) is 0 Å². The molecular weight excluding hydrogens is 320 g/mol. The van der Waals surface area contributed by atoms with Gasteiger partial charge in [0.15, 0.2) is 0 Å². The number of hydrogen-bond donors (Lipinski definition) is 0. The maximum absolute atomic E-state index is 6.41. The summed E-state index contributed by atoms with van der Waals surface area (Å²) in [6.07, 6.45) is 8.18. The van der Waals surface area contributed by atoms with Gasteiger partial charge in [-0.1, -0.05) is 49.2 Å². The van der Waals surface area contributed by atoms with Crippen molar-refractivity contribution < 1.29 is 4.74 Å². The van der Waals surface area contributed by atoms with Crippen LogP contribution in [0.2, 0.25) is 0 Å². The van der Waals surface area contributed by atoms with E-state index in [1.165, 1.54) is 75.5 Å². The average Bonchev–Trinajstić information content (AvgIpc) is 2.72. The van der Waals surface area contributed by atoms with Gasteiger partial charge in [0.2, 0.25) is 0 Å². The lowest BCUT2D eigenvalue weighted by Gasteiger charge is -2.38. The Hall–Kier alpha value is -1.58. The lowest BCUT2D eigenvalue weighted by Crippen LogP contribution is -2.50. The van der Waals surface area contributed by atoms with Crippen molar-refractivity contribution in [1.82, 2.24) is 9.80 Å². The van der Waals surface area contributed by atoms with E-state index >= 15 is 0 Å². The van der Waals surface area contributed by atoms with E-state index in [-0.39, 0.29) is 0 Å². The standard InChI is InChI=1S/C23H32N2O/c1-5-14-24(15-6-1)18-21(25-16-7-2-8-17-25)19-26-23-13-9-11-20-10-3-4-12-22(20)23/h3-4,9-13,21H,1-2,5-8,14-19H2. The van der Waals surface area contributed by atoms with E-state index in [9.17, 15) is 0 Å². The monoisotopic (exact) mass is 352 g/mol. The highest BCUT2D eigenvalue weighted by atomic mass is 16.5. The van der Waals surface area contributed by atoms with Crippen molar-refractivity contribution in [3.05, 3.63) is 42.5 Å². The molecule has 1 unspecified atom stereocenters. The van der Waals surface area contributed by atoms with Crippen molar-refractivity contribution in [1.29, 1.82) is 0 Å². The Morgan fingerprint density at radius 3 is 2.27 bits per heavy atom. The molecule has 2 aromatic carbocycles. The van der Waals surface area contributed by atoms with Crippen LogP contribution in [0.5, 0.6) is 5.75 Å². The predicted octanol–water partition coefficient (Wildman–Crippen LogP) is 4.56. The average molecular weight is 353 g/mol. The minimum atomic E-state index is 0.507. The first-order chi connectivity index (χ1) is 12.9. The normalized spacial score (nSPS) is 20.9. The van der Waals surface area contributed by atoms with Gasteiger partial charge in [-0.25, -0.2) is 0 Å². The van der Waals surface area contributed by atoms with Crippen LogP contribution in [0.25, 0.3) is 10.8 Å². The molecule has 2 heterocycles. The second-order valence-electron chi connectivity index (χ2n) is 7.90. The number of benzene rings is 2. The second kappa shape index (κ2) is 8.88. The summed E-state index contributed by atoms with van der Waals surface area (Å²) in [5, 5.41) is 2.49. The van der Waals surface area contributed by atoms with E-state index in [1.54, 1.807) is 0 Å². The number of fused-ring (bicyclic) bond motifs is 1. The zero-order valence-corrected chi connectivity index (χ0v) is 15.9. The zero-order chi connectivity index (χ0) is 17.6.